The molecule has 3 aromatic rings. The van der Waals surface area contributed by atoms with Gasteiger partial charge in [0.15, 0.2) is 5.82 Å². The van der Waals surface area contributed by atoms with Gasteiger partial charge in [0, 0.05) is 18.8 Å². The minimum atomic E-state index is -0.925. The van der Waals surface area contributed by atoms with E-state index in [9.17, 15) is 14.3 Å². The van der Waals surface area contributed by atoms with Crippen LogP contribution in [0.25, 0.3) is 11.4 Å². The Morgan fingerprint density at radius 1 is 1.12 bits per heavy atom. The Kier molecular flexibility index (Phi) is 4.21. The Morgan fingerprint density at radius 3 is 2.50 bits per heavy atom. The molecule has 0 unspecified atom stereocenters. The van der Waals surface area contributed by atoms with Gasteiger partial charge in [-0.1, -0.05) is 24.3 Å². The summed E-state index contributed by atoms with van der Waals surface area (Å²) in [6.45, 7) is 0. The van der Waals surface area contributed by atoms with Gasteiger partial charge in [0.1, 0.15) is 5.82 Å². The third-order valence-electron chi connectivity index (χ3n) is 4.63. The summed E-state index contributed by atoms with van der Waals surface area (Å²) in [5.74, 6) is -0.476. The molecule has 0 atom stereocenters. The van der Waals surface area contributed by atoms with Gasteiger partial charge in [0.05, 0.1) is 11.1 Å². The van der Waals surface area contributed by atoms with Crippen LogP contribution < -0.4 is 0 Å². The van der Waals surface area contributed by atoms with Gasteiger partial charge in [-0.2, -0.15) is 0 Å². The molecule has 0 bridgehead atoms. The van der Waals surface area contributed by atoms with Crippen LogP contribution in [0.15, 0.2) is 54.9 Å². The van der Waals surface area contributed by atoms with E-state index >= 15 is 0 Å². The molecule has 1 N–H and O–H groups in total. The molecule has 1 heterocycles. The highest BCUT2D eigenvalue weighted by molar-refractivity contribution is 5.89. The minimum Gasteiger partial charge on any atom is -0.478 e. The predicted molar refractivity (Wildman–Crippen MR) is 95.6 cm³/mol. The molecule has 1 aromatic heterocycles. The van der Waals surface area contributed by atoms with Crippen molar-refractivity contribution in [1.29, 1.82) is 0 Å². The second kappa shape index (κ2) is 6.67. The molecule has 0 spiro atoms. The Bertz CT molecular complexity index is 966. The van der Waals surface area contributed by atoms with Crippen LogP contribution in [0, 0.1) is 5.82 Å². The maximum absolute atomic E-state index is 13.8. The van der Waals surface area contributed by atoms with Crippen molar-refractivity contribution in [1.82, 2.24) is 9.97 Å². The average Bonchev–Trinajstić information content (AvgIpc) is 3.48. The number of benzene rings is 2. The quantitative estimate of drug-likeness (QED) is 0.740. The zero-order chi connectivity index (χ0) is 18.1. The molecule has 4 nitrogen and oxygen atoms in total. The molecule has 26 heavy (non-hydrogen) atoms. The number of aromatic nitrogens is 2. The smallest absolute Gasteiger partial charge is 0.335 e. The standard InChI is InChI=1S/C21H17FN2O2/c22-19-4-2-1-3-17(19)20-23-11-13(12-24-20)9-16-8-7-15(14-5-6-14)10-18(16)21(25)26/h1-4,7-8,10-12,14H,5-6,9H2,(H,25,26). The topological polar surface area (TPSA) is 63.1 Å². The summed E-state index contributed by atoms with van der Waals surface area (Å²) >= 11 is 0. The summed E-state index contributed by atoms with van der Waals surface area (Å²) in [5, 5.41) is 9.52. The van der Waals surface area contributed by atoms with Crippen molar-refractivity contribution in [3.05, 3.63) is 82.9 Å². The van der Waals surface area contributed by atoms with E-state index in [1.165, 1.54) is 6.07 Å². The summed E-state index contributed by atoms with van der Waals surface area (Å²) < 4.78 is 13.8. The Morgan fingerprint density at radius 2 is 1.85 bits per heavy atom. The highest BCUT2D eigenvalue weighted by atomic mass is 19.1. The first-order valence-corrected chi connectivity index (χ1v) is 8.54. The van der Waals surface area contributed by atoms with E-state index in [4.69, 9.17) is 0 Å². The zero-order valence-corrected chi connectivity index (χ0v) is 14.0. The van der Waals surface area contributed by atoms with Gasteiger partial charge in [-0.15, -0.1) is 0 Å². The van der Waals surface area contributed by atoms with Gasteiger partial charge in [-0.05, 0) is 53.6 Å². The summed E-state index contributed by atoms with van der Waals surface area (Å²) in [7, 11) is 0. The van der Waals surface area contributed by atoms with Crippen LogP contribution in [0.3, 0.4) is 0 Å². The lowest BCUT2D eigenvalue weighted by Gasteiger charge is -2.09. The van der Waals surface area contributed by atoms with Crippen LogP contribution in [0.4, 0.5) is 4.39 Å². The van der Waals surface area contributed by atoms with Crippen LogP contribution in [-0.2, 0) is 6.42 Å². The Hall–Kier alpha value is -3.08. The van der Waals surface area contributed by atoms with Gasteiger partial charge < -0.3 is 5.11 Å². The Balaban J connectivity index is 1.59. The first-order chi connectivity index (χ1) is 12.6. The van der Waals surface area contributed by atoms with Crippen molar-refractivity contribution in [2.45, 2.75) is 25.2 Å². The van der Waals surface area contributed by atoms with E-state index in [2.05, 4.69) is 9.97 Å². The van der Waals surface area contributed by atoms with E-state index < -0.39 is 5.97 Å². The maximum Gasteiger partial charge on any atom is 0.335 e. The molecule has 1 aliphatic rings. The van der Waals surface area contributed by atoms with Crippen LogP contribution in [0.5, 0.6) is 0 Å². The van der Waals surface area contributed by atoms with Crippen molar-refractivity contribution < 1.29 is 14.3 Å². The Labute approximate surface area is 150 Å². The monoisotopic (exact) mass is 348 g/mol. The summed E-state index contributed by atoms with van der Waals surface area (Å²) in [6.07, 6.45) is 5.92. The highest BCUT2D eigenvalue weighted by Gasteiger charge is 2.25. The first kappa shape index (κ1) is 16.4. The molecule has 1 fully saturated rings. The number of halogens is 1. The summed E-state index contributed by atoms with van der Waals surface area (Å²) in [6, 6.07) is 12.0. The molecule has 2 aromatic carbocycles. The lowest BCUT2D eigenvalue weighted by molar-refractivity contribution is 0.0695. The summed E-state index contributed by atoms with van der Waals surface area (Å²) in [5.41, 5.74) is 3.28. The van der Waals surface area contributed by atoms with Gasteiger partial charge in [-0.3, -0.25) is 0 Å². The number of nitrogens with zero attached hydrogens (tertiary/aromatic N) is 2. The van der Waals surface area contributed by atoms with Gasteiger partial charge in [-0.25, -0.2) is 19.2 Å². The van der Waals surface area contributed by atoms with E-state index in [1.807, 2.05) is 12.1 Å². The third-order valence-corrected chi connectivity index (χ3v) is 4.63. The zero-order valence-electron chi connectivity index (χ0n) is 14.0. The molecule has 0 saturated heterocycles. The molecule has 0 radical (unpaired) electrons. The fourth-order valence-electron chi connectivity index (χ4n) is 3.07. The molecular weight excluding hydrogens is 331 g/mol. The van der Waals surface area contributed by atoms with Crippen molar-refractivity contribution in [3.63, 3.8) is 0 Å². The summed E-state index contributed by atoms with van der Waals surface area (Å²) in [4.78, 5) is 20.1. The third kappa shape index (κ3) is 3.33. The van der Waals surface area contributed by atoms with Crippen molar-refractivity contribution >= 4 is 5.97 Å². The average molecular weight is 348 g/mol. The second-order valence-corrected chi connectivity index (χ2v) is 6.57. The number of carboxylic acids is 1. The normalized spacial score (nSPS) is 13.6. The van der Waals surface area contributed by atoms with E-state index in [-0.39, 0.29) is 5.82 Å². The number of hydrogen-bond donors (Lipinski definition) is 1. The van der Waals surface area contributed by atoms with Gasteiger partial charge in [0.2, 0.25) is 0 Å². The minimum absolute atomic E-state index is 0.314. The molecular formula is C21H17FN2O2. The number of aromatic carboxylic acids is 1. The van der Waals surface area contributed by atoms with Crippen LogP contribution in [0.1, 0.15) is 45.8 Å². The van der Waals surface area contributed by atoms with Gasteiger partial charge in [0.25, 0.3) is 0 Å². The molecule has 0 aliphatic heterocycles. The number of rotatable bonds is 5. The van der Waals surface area contributed by atoms with Crippen molar-refractivity contribution in [2.75, 3.05) is 0 Å². The number of carbonyl (C=O) groups is 1. The first-order valence-electron chi connectivity index (χ1n) is 8.54. The molecule has 1 aliphatic carbocycles. The van der Waals surface area contributed by atoms with E-state index in [0.717, 1.165) is 29.5 Å². The van der Waals surface area contributed by atoms with Gasteiger partial charge >= 0.3 is 5.97 Å². The van der Waals surface area contributed by atoms with Crippen molar-refractivity contribution in [3.8, 4) is 11.4 Å². The molecule has 130 valence electrons. The van der Waals surface area contributed by atoms with E-state index in [1.54, 1.807) is 36.7 Å². The second-order valence-electron chi connectivity index (χ2n) is 6.57. The van der Waals surface area contributed by atoms with Crippen molar-refractivity contribution in [2.24, 2.45) is 0 Å². The molecule has 0 amide bonds. The van der Waals surface area contributed by atoms with Crippen LogP contribution in [-0.4, -0.2) is 21.0 Å². The number of hydrogen-bond acceptors (Lipinski definition) is 3. The molecule has 1 saturated carbocycles. The highest BCUT2D eigenvalue weighted by Crippen LogP contribution is 2.40. The largest absolute Gasteiger partial charge is 0.478 e. The van der Waals surface area contributed by atoms with Crippen LogP contribution >= 0.6 is 0 Å². The fraction of sp³-hybridized carbons (Fsp3) is 0.190. The molecule has 5 heteroatoms. The lowest BCUT2D eigenvalue weighted by Crippen LogP contribution is -2.05. The fourth-order valence-corrected chi connectivity index (χ4v) is 3.07. The van der Waals surface area contributed by atoms with Crippen LogP contribution in [0.2, 0.25) is 0 Å². The number of carboxylic acid groups (broad SMARTS) is 1. The predicted octanol–water partition coefficient (Wildman–Crippen LogP) is 4.45. The maximum atomic E-state index is 13.8. The SMILES string of the molecule is O=C(O)c1cc(C2CC2)ccc1Cc1cnc(-c2ccccc2F)nc1. The van der Waals surface area contributed by atoms with E-state index in [0.29, 0.717) is 29.3 Å². The lowest BCUT2D eigenvalue weighted by atomic mass is 9.97. The molecule has 4 rings (SSSR count).